The molecule has 112 valence electrons. The van der Waals surface area contributed by atoms with Crippen LogP contribution in [0.3, 0.4) is 0 Å². The molecule has 0 bridgehead atoms. The summed E-state index contributed by atoms with van der Waals surface area (Å²) < 4.78 is 5.12. The van der Waals surface area contributed by atoms with Gasteiger partial charge in [-0.15, -0.1) is 12.4 Å². The summed E-state index contributed by atoms with van der Waals surface area (Å²) in [5.74, 6) is -0.333. The third-order valence-corrected chi connectivity index (χ3v) is 3.90. The molecular weight excluding hydrogens is 311 g/mol. The molecular formula is C15H16Cl2N2O2. The van der Waals surface area contributed by atoms with Crippen LogP contribution in [0, 0.1) is 0 Å². The summed E-state index contributed by atoms with van der Waals surface area (Å²) in [5.41, 5.74) is 4.25. The van der Waals surface area contributed by atoms with Gasteiger partial charge in [-0.25, -0.2) is 4.79 Å². The van der Waals surface area contributed by atoms with Gasteiger partial charge in [0.05, 0.1) is 17.1 Å². The minimum Gasteiger partial charge on any atom is -0.461 e. The number of carbonyl (C=O) groups is 1. The number of H-pyrrole nitrogens is 1. The maximum absolute atomic E-state index is 12.1. The maximum Gasteiger partial charge on any atom is 0.355 e. The second kappa shape index (κ2) is 6.08. The van der Waals surface area contributed by atoms with Crippen molar-refractivity contribution in [3.8, 4) is 0 Å². The van der Waals surface area contributed by atoms with Gasteiger partial charge in [0.25, 0.3) is 0 Å². The van der Waals surface area contributed by atoms with E-state index < -0.39 is 0 Å². The Bertz CT molecular complexity index is 735. The van der Waals surface area contributed by atoms with Gasteiger partial charge in [-0.1, -0.05) is 17.7 Å². The van der Waals surface area contributed by atoms with E-state index in [2.05, 4.69) is 9.98 Å². The molecule has 0 saturated heterocycles. The highest BCUT2D eigenvalue weighted by Gasteiger charge is 2.24. The number of aliphatic imine (C=N–C) groups is 1. The highest BCUT2D eigenvalue weighted by molar-refractivity contribution is 6.36. The molecule has 4 nitrogen and oxygen atoms in total. The maximum atomic E-state index is 12.1. The molecule has 0 aliphatic carbocycles. The summed E-state index contributed by atoms with van der Waals surface area (Å²) in [6, 6.07) is 3.79. The van der Waals surface area contributed by atoms with Crippen LogP contribution in [0.5, 0.6) is 0 Å². The van der Waals surface area contributed by atoms with E-state index in [9.17, 15) is 4.79 Å². The van der Waals surface area contributed by atoms with E-state index >= 15 is 0 Å². The lowest BCUT2D eigenvalue weighted by atomic mass is 10.0. The molecule has 0 radical (unpaired) electrons. The smallest absolute Gasteiger partial charge is 0.355 e. The van der Waals surface area contributed by atoms with E-state index in [1.807, 2.05) is 19.1 Å². The second-order valence-corrected chi connectivity index (χ2v) is 5.17. The molecule has 21 heavy (non-hydrogen) atoms. The first-order valence-electron chi connectivity index (χ1n) is 6.65. The van der Waals surface area contributed by atoms with Gasteiger partial charge in [-0.2, -0.15) is 0 Å². The normalized spacial score (nSPS) is 13.4. The molecule has 0 amide bonds. The van der Waals surface area contributed by atoms with Crippen LogP contribution >= 0.6 is 24.0 Å². The molecule has 1 aromatic heterocycles. The Hall–Kier alpha value is -1.52. The standard InChI is InChI=1S/C15H15ClN2O2.ClH/c1-3-20-15(19)13-10-6-7-17-8(2)9-4-5-11(16)14(18-13)12(9)10;/h4-5,18H,3,6-7H2,1-2H3;1H. The summed E-state index contributed by atoms with van der Waals surface area (Å²) in [6.07, 6.45) is 0.707. The van der Waals surface area contributed by atoms with Crippen LogP contribution in [0.15, 0.2) is 17.1 Å². The van der Waals surface area contributed by atoms with Crippen molar-refractivity contribution in [1.82, 2.24) is 4.98 Å². The highest BCUT2D eigenvalue weighted by atomic mass is 35.5. The quantitative estimate of drug-likeness (QED) is 0.854. The zero-order valence-corrected chi connectivity index (χ0v) is 13.4. The lowest BCUT2D eigenvalue weighted by Gasteiger charge is -2.03. The Morgan fingerprint density at radius 2 is 2.24 bits per heavy atom. The first kappa shape index (κ1) is 15.9. The summed E-state index contributed by atoms with van der Waals surface area (Å²) in [5, 5.41) is 1.61. The largest absolute Gasteiger partial charge is 0.461 e. The van der Waals surface area contributed by atoms with Gasteiger partial charge in [-0.05, 0) is 31.9 Å². The molecule has 6 heteroatoms. The Balaban J connectivity index is 0.00000161. The molecule has 0 spiro atoms. The van der Waals surface area contributed by atoms with E-state index in [0.717, 1.165) is 27.7 Å². The first-order chi connectivity index (χ1) is 9.63. The topological polar surface area (TPSA) is 54.5 Å². The predicted octanol–water partition coefficient (Wildman–Crippen LogP) is 3.78. The van der Waals surface area contributed by atoms with Crippen LogP contribution in [-0.4, -0.2) is 29.8 Å². The fourth-order valence-corrected chi connectivity index (χ4v) is 2.89. The SMILES string of the molecule is CCOC(=O)c1[nH]c2c(Cl)ccc3c2c1CCN=C3C.Cl. The molecule has 0 fully saturated rings. The van der Waals surface area contributed by atoms with Crippen LogP contribution < -0.4 is 0 Å². The van der Waals surface area contributed by atoms with Gasteiger partial charge in [0, 0.05) is 23.2 Å². The minimum absolute atomic E-state index is 0. The molecule has 0 unspecified atom stereocenters. The van der Waals surface area contributed by atoms with Gasteiger partial charge in [0.1, 0.15) is 5.69 Å². The fraction of sp³-hybridized carbons (Fsp3) is 0.333. The molecule has 1 aromatic carbocycles. The molecule has 0 atom stereocenters. The Morgan fingerprint density at radius 3 is 2.95 bits per heavy atom. The van der Waals surface area contributed by atoms with Gasteiger partial charge in [0.15, 0.2) is 0 Å². The number of nitrogens with one attached hydrogen (secondary N) is 1. The molecule has 3 rings (SSSR count). The van der Waals surface area contributed by atoms with Crippen LogP contribution in [-0.2, 0) is 11.2 Å². The number of aromatic nitrogens is 1. The number of rotatable bonds is 2. The van der Waals surface area contributed by atoms with Crippen molar-refractivity contribution in [1.29, 1.82) is 0 Å². The number of nitrogens with zero attached hydrogens (tertiary/aromatic N) is 1. The fourth-order valence-electron chi connectivity index (χ4n) is 2.69. The van der Waals surface area contributed by atoms with E-state index in [-0.39, 0.29) is 18.4 Å². The lowest BCUT2D eigenvalue weighted by molar-refractivity contribution is 0.0519. The number of benzene rings is 1. The van der Waals surface area contributed by atoms with Gasteiger partial charge < -0.3 is 9.72 Å². The number of ether oxygens (including phenoxy) is 1. The second-order valence-electron chi connectivity index (χ2n) is 4.76. The molecule has 0 saturated carbocycles. The van der Waals surface area contributed by atoms with Crippen LogP contribution in [0.2, 0.25) is 5.02 Å². The van der Waals surface area contributed by atoms with E-state index in [4.69, 9.17) is 16.3 Å². The summed E-state index contributed by atoms with van der Waals surface area (Å²) in [7, 11) is 0. The van der Waals surface area contributed by atoms with E-state index in [1.54, 1.807) is 6.92 Å². The molecule has 1 N–H and O–H groups in total. The first-order valence-corrected chi connectivity index (χ1v) is 7.03. The molecule has 1 aliphatic rings. The average molecular weight is 327 g/mol. The van der Waals surface area contributed by atoms with Gasteiger partial charge >= 0.3 is 5.97 Å². The summed E-state index contributed by atoms with van der Waals surface area (Å²) >= 11 is 6.25. The van der Waals surface area contributed by atoms with Crippen molar-refractivity contribution < 1.29 is 9.53 Å². The van der Waals surface area contributed by atoms with Crippen molar-refractivity contribution in [3.63, 3.8) is 0 Å². The molecule has 2 aromatic rings. The average Bonchev–Trinajstić information content (AvgIpc) is 2.72. The number of halogens is 2. The predicted molar refractivity (Wildman–Crippen MR) is 87.3 cm³/mol. The van der Waals surface area contributed by atoms with Gasteiger partial charge in [0.2, 0.25) is 0 Å². The molecule has 2 heterocycles. The van der Waals surface area contributed by atoms with Crippen molar-refractivity contribution in [3.05, 3.63) is 34.0 Å². The molecule has 1 aliphatic heterocycles. The summed E-state index contributed by atoms with van der Waals surface area (Å²) in [6.45, 7) is 4.79. The summed E-state index contributed by atoms with van der Waals surface area (Å²) in [4.78, 5) is 19.8. The van der Waals surface area contributed by atoms with E-state index in [1.165, 1.54) is 0 Å². The Kier molecular flexibility index (Phi) is 4.59. The minimum atomic E-state index is -0.333. The number of aromatic amines is 1. The zero-order valence-electron chi connectivity index (χ0n) is 11.8. The van der Waals surface area contributed by atoms with Crippen LogP contribution in [0.1, 0.15) is 35.5 Å². The third kappa shape index (κ3) is 2.54. The van der Waals surface area contributed by atoms with Crippen molar-refractivity contribution >= 4 is 46.6 Å². The number of hydrogen-bond donors (Lipinski definition) is 1. The van der Waals surface area contributed by atoms with Crippen molar-refractivity contribution in [2.45, 2.75) is 20.3 Å². The Labute approximate surface area is 133 Å². The number of carbonyl (C=O) groups excluding carboxylic acids is 1. The van der Waals surface area contributed by atoms with Crippen molar-refractivity contribution in [2.75, 3.05) is 13.2 Å². The van der Waals surface area contributed by atoms with Crippen molar-refractivity contribution in [2.24, 2.45) is 4.99 Å². The van der Waals surface area contributed by atoms with Crippen LogP contribution in [0.25, 0.3) is 10.9 Å². The lowest BCUT2D eigenvalue weighted by Crippen LogP contribution is -2.08. The van der Waals surface area contributed by atoms with Crippen LogP contribution in [0.4, 0.5) is 0 Å². The van der Waals surface area contributed by atoms with Gasteiger partial charge in [-0.3, -0.25) is 4.99 Å². The van der Waals surface area contributed by atoms with E-state index in [0.29, 0.717) is 30.3 Å². The number of hydrogen-bond acceptors (Lipinski definition) is 3. The third-order valence-electron chi connectivity index (χ3n) is 3.59. The monoisotopic (exact) mass is 326 g/mol. The zero-order chi connectivity index (χ0) is 14.3. The highest BCUT2D eigenvalue weighted by Crippen LogP contribution is 2.33. The number of esters is 1. The Morgan fingerprint density at radius 1 is 1.48 bits per heavy atom.